The fourth-order valence-corrected chi connectivity index (χ4v) is 3.39. The first-order chi connectivity index (χ1) is 5.81. The Labute approximate surface area is 87.4 Å². The molecule has 0 aromatic heterocycles. The van der Waals surface area contributed by atoms with Crippen LogP contribution in [0.25, 0.3) is 0 Å². The SMILES string of the molecule is C=C(/C=C\[CH2][Sn]([CH3])([CH3])[CH3])CN(C)C. The van der Waals surface area contributed by atoms with Crippen molar-refractivity contribution in [3.05, 3.63) is 24.3 Å². The fraction of sp³-hybridized carbons (Fsp3) is 0.636. The summed E-state index contributed by atoms with van der Waals surface area (Å²) in [6.07, 6.45) is 4.49. The summed E-state index contributed by atoms with van der Waals surface area (Å²) in [5.74, 6) is 0. The third-order valence-corrected chi connectivity index (χ3v) is 5.77. The van der Waals surface area contributed by atoms with Crippen molar-refractivity contribution in [2.75, 3.05) is 20.6 Å². The molecule has 0 aliphatic heterocycles. The molecule has 0 saturated carbocycles. The Morgan fingerprint density at radius 1 is 1.31 bits per heavy atom. The summed E-state index contributed by atoms with van der Waals surface area (Å²) in [4.78, 5) is 9.50. The van der Waals surface area contributed by atoms with Gasteiger partial charge in [-0.1, -0.05) is 0 Å². The van der Waals surface area contributed by atoms with Crippen molar-refractivity contribution in [1.29, 1.82) is 0 Å². The van der Waals surface area contributed by atoms with Crippen molar-refractivity contribution in [2.45, 2.75) is 19.3 Å². The standard InChI is InChI=1S/C8H14N.3CH3.Sn/c1-5-6-8(2)7-9(3)4;;;;/h5-6H,1-2,7H2,3-4H3;3*1H3;/b6-5-;;;;. The molecule has 13 heavy (non-hydrogen) atoms. The fourth-order valence-electron chi connectivity index (χ4n) is 1.04. The molecular weight excluding hydrogens is 265 g/mol. The molecule has 2 heteroatoms. The van der Waals surface area contributed by atoms with Gasteiger partial charge in [-0.25, -0.2) is 0 Å². The zero-order valence-corrected chi connectivity index (χ0v) is 12.6. The summed E-state index contributed by atoms with van der Waals surface area (Å²) in [5, 5.41) is 0. The Bertz CT molecular complexity index is 187. The summed E-state index contributed by atoms with van der Waals surface area (Å²) in [7, 11) is 4.14. The van der Waals surface area contributed by atoms with Crippen molar-refractivity contribution < 1.29 is 0 Å². The van der Waals surface area contributed by atoms with Gasteiger partial charge in [0.15, 0.2) is 0 Å². The van der Waals surface area contributed by atoms with Crippen LogP contribution in [0.5, 0.6) is 0 Å². The van der Waals surface area contributed by atoms with E-state index in [9.17, 15) is 0 Å². The molecule has 76 valence electrons. The molecule has 0 atom stereocenters. The molecule has 0 aromatic carbocycles. The van der Waals surface area contributed by atoms with E-state index in [2.05, 4.69) is 52.5 Å². The van der Waals surface area contributed by atoms with Crippen LogP contribution in [0.3, 0.4) is 0 Å². The van der Waals surface area contributed by atoms with Crippen molar-refractivity contribution in [2.24, 2.45) is 0 Å². The molecule has 0 aromatic rings. The third kappa shape index (κ3) is 10.2. The zero-order chi connectivity index (χ0) is 10.5. The Kier molecular flexibility index (Phi) is 5.97. The molecule has 0 aliphatic carbocycles. The molecule has 1 nitrogen and oxygen atoms in total. The molecule has 0 N–H and O–H groups in total. The van der Waals surface area contributed by atoms with Gasteiger partial charge in [0, 0.05) is 0 Å². The van der Waals surface area contributed by atoms with E-state index in [1.54, 1.807) is 0 Å². The first-order valence-corrected chi connectivity index (χ1v) is 15.4. The second-order valence-electron chi connectivity index (χ2n) is 5.06. The summed E-state index contributed by atoms with van der Waals surface area (Å²) in [6, 6.07) is 0. The van der Waals surface area contributed by atoms with Crippen LogP contribution in [0.4, 0.5) is 0 Å². The summed E-state index contributed by atoms with van der Waals surface area (Å²) in [5.41, 5.74) is 1.21. The molecule has 0 bridgehead atoms. The van der Waals surface area contributed by atoms with Crippen LogP contribution in [0.2, 0.25) is 19.3 Å². The second kappa shape index (κ2) is 5.86. The first-order valence-electron chi connectivity index (χ1n) is 4.80. The number of rotatable bonds is 5. The number of hydrogen-bond acceptors (Lipinski definition) is 1. The minimum atomic E-state index is -1.57. The van der Waals surface area contributed by atoms with E-state index in [4.69, 9.17) is 0 Å². The van der Waals surface area contributed by atoms with Gasteiger partial charge in [0.1, 0.15) is 0 Å². The number of allylic oxidation sites excluding steroid dienone is 1. The first kappa shape index (κ1) is 13.2. The molecule has 0 radical (unpaired) electrons. The van der Waals surface area contributed by atoms with Crippen molar-refractivity contribution in [3.8, 4) is 0 Å². The zero-order valence-electron chi connectivity index (χ0n) is 9.72. The predicted molar refractivity (Wildman–Crippen MR) is 65.0 cm³/mol. The normalized spacial score (nSPS) is 12.8. The molecule has 0 saturated heterocycles. The maximum absolute atomic E-state index is 4.01. The molecule has 0 amide bonds. The maximum atomic E-state index is 4.01. The van der Waals surface area contributed by atoms with Gasteiger partial charge in [-0.3, -0.25) is 0 Å². The van der Waals surface area contributed by atoms with E-state index in [1.807, 2.05) is 0 Å². The average Bonchev–Trinajstić information content (AvgIpc) is 1.81. The quantitative estimate of drug-likeness (QED) is 0.555. The van der Waals surface area contributed by atoms with Crippen LogP contribution in [-0.2, 0) is 0 Å². The van der Waals surface area contributed by atoms with E-state index in [-0.39, 0.29) is 0 Å². The van der Waals surface area contributed by atoms with Crippen molar-refractivity contribution >= 4 is 18.4 Å². The van der Waals surface area contributed by atoms with Crippen LogP contribution < -0.4 is 0 Å². The molecule has 0 unspecified atom stereocenters. The second-order valence-corrected chi connectivity index (χ2v) is 20.8. The topological polar surface area (TPSA) is 3.24 Å². The van der Waals surface area contributed by atoms with Gasteiger partial charge in [0.2, 0.25) is 0 Å². The Morgan fingerprint density at radius 3 is 2.23 bits per heavy atom. The number of hydrogen-bond donors (Lipinski definition) is 0. The van der Waals surface area contributed by atoms with Gasteiger partial charge >= 0.3 is 87.5 Å². The van der Waals surface area contributed by atoms with Gasteiger partial charge < -0.3 is 0 Å². The molecular formula is C11H23NSn. The Hall–Kier alpha value is 0.239. The summed E-state index contributed by atoms with van der Waals surface area (Å²) >= 11 is -1.57. The third-order valence-electron chi connectivity index (χ3n) is 1.60. The van der Waals surface area contributed by atoms with E-state index < -0.39 is 18.4 Å². The van der Waals surface area contributed by atoms with Crippen molar-refractivity contribution in [3.63, 3.8) is 0 Å². The molecule has 0 heterocycles. The van der Waals surface area contributed by atoms with Crippen LogP contribution in [0, 0.1) is 0 Å². The van der Waals surface area contributed by atoms with Gasteiger partial charge in [-0.05, 0) is 0 Å². The summed E-state index contributed by atoms with van der Waals surface area (Å²) in [6.45, 7) is 4.98. The Balaban J connectivity index is 3.79. The van der Waals surface area contributed by atoms with Crippen LogP contribution >= 0.6 is 0 Å². The minimum absolute atomic E-state index is 0.968. The average molecular weight is 288 g/mol. The van der Waals surface area contributed by atoms with Crippen molar-refractivity contribution in [1.82, 2.24) is 4.90 Å². The van der Waals surface area contributed by atoms with Gasteiger partial charge in [0.25, 0.3) is 0 Å². The van der Waals surface area contributed by atoms with E-state index in [0.29, 0.717) is 0 Å². The molecule has 0 aliphatic rings. The number of likely N-dealkylation sites (N-methyl/N-ethyl adjacent to an activating group) is 1. The van der Waals surface area contributed by atoms with Crippen LogP contribution in [0.1, 0.15) is 0 Å². The van der Waals surface area contributed by atoms with Gasteiger partial charge in [-0.2, -0.15) is 0 Å². The van der Waals surface area contributed by atoms with E-state index in [1.165, 1.54) is 10.0 Å². The molecule has 0 rings (SSSR count). The number of nitrogens with zero attached hydrogens (tertiary/aromatic N) is 1. The Morgan fingerprint density at radius 2 is 1.85 bits per heavy atom. The predicted octanol–water partition coefficient (Wildman–Crippen LogP) is 3.00. The van der Waals surface area contributed by atoms with Gasteiger partial charge in [0.05, 0.1) is 0 Å². The monoisotopic (exact) mass is 289 g/mol. The van der Waals surface area contributed by atoms with Gasteiger partial charge in [-0.15, -0.1) is 0 Å². The molecule has 0 fully saturated rings. The summed E-state index contributed by atoms with van der Waals surface area (Å²) < 4.78 is 1.32. The van der Waals surface area contributed by atoms with E-state index in [0.717, 1.165) is 6.54 Å². The van der Waals surface area contributed by atoms with E-state index >= 15 is 0 Å². The van der Waals surface area contributed by atoms with Crippen LogP contribution in [-0.4, -0.2) is 43.9 Å². The van der Waals surface area contributed by atoms with Crippen LogP contribution in [0.15, 0.2) is 24.3 Å². The molecule has 0 spiro atoms.